The van der Waals surface area contributed by atoms with E-state index in [0.29, 0.717) is 0 Å². The molecular formula is C17H22BNO2. The van der Waals surface area contributed by atoms with E-state index in [1.54, 1.807) is 0 Å². The Hall–Kier alpha value is -1.39. The number of rotatable bonds is 2. The summed E-state index contributed by atoms with van der Waals surface area (Å²) in [6, 6.07) is 8.35. The van der Waals surface area contributed by atoms with Gasteiger partial charge in [0.1, 0.15) is 0 Å². The van der Waals surface area contributed by atoms with Gasteiger partial charge in [0, 0.05) is 11.6 Å². The minimum atomic E-state index is -0.411. The molecule has 2 heterocycles. The third-order valence-electron chi connectivity index (χ3n) is 4.77. The zero-order chi connectivity index (χ0) is 15.3. The summed E-state index contributed by atoms with van der Waals surface area (Å²) in [4.78, 5) is 4.64. The third kappa shape index (κ3) is 2.27. The van der Waals surface area contributed by atoms with Crippen LogP contribution in [0.1, 0.15) is 40.2 Å². The Kier molecular flexibility index (Phi) is 3.34. The minimum absolute atomic E-state index is 0.343. The van der Waals surface area contributed by atoms with Gasteiger partial charge >= 0.3 is 7.12 Å². The van der Waals surface area contributed by atoms with Crippen molar-refractivity contribution in [1.29, 1.82) is 0 Å². The summed E-state index contributed by atoms with van der Waals surface area (Å²) >= 11 is 0. The minimum Gasteiger partial charge on any atom is -0.398 e. The standard InChI is InChI=1S/C17H22BNO2/c1-6-12-11-19-15(14-10-8-7-9-13(12)14)18-20-16(2,3)17(4,5)21-18/h7-11H,6H2,1-5H3. The number of aromatic nitrogens is 1. The number of fused-ring (bicyclic) bond motifs is 1. The second-order valence-electron chi connectivity index (χ2n) is 6.66. The van der Waals surface area contributed by atoms with Crippen molar-refractivity contribution in [1.82, 2.24) is 4.98 Å². The zero-order valence-electron chi connectivity index (χ0n) is 13.4. The van der Waals surface area contributed by atoms with Crippen LogP contribution in [0.2, 0.25) is 0 Å². The first-order valence-electron chi connectivity index (χ1n) is 7.58. The van der Waals surface area contributed by atoms with Gasteiger partial charge in [0.15, 0.2) is 0 Å². The highest BCUT2D eigenvalue weighted by atomic mass is 16.7. The molecule has 0 radical (unpaired) electrons. The second kappa shape index (κ2) is 4.82. The molecular weight excluding hydrogens is 261 g/mol. The lowest BCUT2D eigenvalue weighted by Gasteiger charge is -2.32. The molecule has 1 aromatic carbocycles. The molecule has 21 heavy (non-hydrogen) atoms. The van der Waals surface area contributed by atoms with E-state index >= 15 is 0 Å². The Balaban J connectivity index is 2.11. The lowest BCUT2D eigenvalue weighted by Crippen LogP contribution is -2.41. The van der Waals surface area contributed by atoms with Crippen molar-refractivity contribution in [3.63, 3.8) is 0 Å². The van der Waals surface area contributed by atoms with Gasteiger partial charge in [-0.15, -0.1) is 0 Å². The van der Waals surface area contributed by atoms with E-state index in [2.05, 4.69) is 57.8 Å². The fourth-order valence-electron chi connectivity index (χ4n) is 2.70. The molecule has 110 valence electrons. The fourth-order valence-corrected chi connectivity index (χ4v) is 2.70. The summed E-state index contributed by atoms with van der Waals surface area (Å²) < 4.78 is 12.3. The summed E-state index contributed by atoms with van der Waals surface area (Å²) in [5, 5.41) is 2.36. The number of hydrogen-bond donors (Lipinski definition) is 0. The molecule has 4 heteroatoms. The Labute approximate surface area is 126 Å². The lowest BCUT2D eigenvalue weighted by atomic mass is 9.80. The van der Waals surface area contributed by atoms with E-state index in [0.717, 1.165) is 17.4 Å². The van der Waals surface area contributed by atoms with Crippen molar-refractivity contribution >= 4 is 23.5 Å². The SMILES string of the molecule is CCc1cnc(B2OC(C)(C)C(C)(C)O2)c2ccccc12. The van der Waals surface area contributed by atoms with Crippen LogP contribution in [-0.2, 0) is 15.7 Å². The predicted octanol–water partition coefficient (Wildman–Crippen LogP) is 3.10. The average Bonchev–Trinajstić information content (AvgIpc) is 2.66. The molecule has 0 amide bonds. The molecule has 0 aliphatic carbocycles. The summed E-state index contributed by atoms with van der Waals surface area (Å²) in [5.41, 5.74) is 1.45. The second-order valence-corrected chi connectivity index (χ2v) is 6.66. The molecule has 3 rings (SSSR count). The summed E-state index contributed by atoms with van der Waals surface area (Å²) in [5.74, 6) is 0. The molecule has 0 unspecified atom stereocenters. The Morgan fingerprint density at radius 1 is 1.00 bits per heavy atom. The van der Waals surface area contributed by atoms with Crippen LogP contribution in [0.15, 0.2) is 30.5 Å². The average molecular weight is 283 g/mol. The molecule has 0 atom stereocenters. The number of benzene rings is 1. The highest BCUT2D eigenvalue weighted by molar-refractivity contribution is 6.64. The molecule has 2 aromatic rings. The van der Waals surface area contributed by atoms with Gasteiger partial charge in [0.2, 0.25) is 0 Å². The maximum atomic E-state index is 6.15. The first-order valence-corrected chi connectivity index (χ1v) is 7.58. The summed E-state index contributed by atoms with van der Waals surface area (Å²) in [6.07, 6.45) is 2.92. The Morgan fingerprint density at radius 3 is 2.14 bits per heavy atom. The quantitative estimate of drug-likeness (QED) is 0.794. The van der Waals surface area contributed by atoms with Crippen LogP contribution < -0.4 is 5.59 Å². The molecule has 1 saturated heterocycles. The van der Waals surface area contributed by atoms with Crippen LogP contribution >= 0.6 is 0 Å². The number of pyridine rings is 1. The third-order valence-corrected chi connectivity index (χ3v) is 4.77. The van der Waals surface area contributed by atoms with Gasteiger partial charge in [-0.3, -0.25) is 4.98 Å². The molecule has 0 spiro atoms. The van der Waals surface area contributed by atoms with Gasteiger partial charge in [0.25, 0.3) is 0 Å². The fraction of sp³-hybridized carbons (Fsp3) is 0.471. The first-order chi connectivity index (χ1) is 9.86. The maximum absolute atomic E-state index is 6.15. The molecule has 1 aromatic heterocycles. The van der Waals surface area contributed by atoms with Crippen molar-refractivity contribution < 1.29 is 9.31 Å². The van der Waals surface area contributed by atoms with E-state index in [1.807, 2.05) is 12.3 Å². The van der Waals surface area contributed by atoms with Crippen LogP contribution in [0.25, 0.3) is 10.8 Å². The van der Waals surface area contributed by atoms with Crippen molar-refractivity contribution in [3.05, 3.63) is 36.0 Å². The first kappa shape index (κ1) is 14.5. The Morgan fingerprint density at radius 2 is 1.57 bits per heavy atom. The number of aryl methyl sites for hydroxylation is 1. The van der Waals surface area contributed by atoms with Gasteiger partial charge in [-0.2, -0.15) is 0 Å². The van der Waals surface area contributed by atoms with Crippen molar-refractivity contribution in [2.75, 3.05) is 0 Å². The largest absolute Gasteiger partial charge is 0.515 e. The number of hydrogen-bond acceptors (Lipinski definition) is 3. The molecule has 3 nitrogen and oxygen atoms in total. The van der Waals surface area contributed by atoms with E-state index in [4.69, 9.17) is 9.31 Å². The van der Waals surface area contributed by atoms with Gasteiger partial charge in [-0.25, -0.2) is 0 Å². The van der Waals surface area contributed by atoms with Crippen LogP contribution in [0.5, 0.6) is 0 Å². The van der Waals surface area contributed by atoms with E-state index in [-0.39, 0.29) is 11.2 Å². The normalized spacial score (nSPS) is 20.1. The maximum Gasteiger partial charge on any atom is 0.515 e. The summed E-state index contributed by atoms with van der Waals surface area (Å²) in [6.45, 7) is 10.4. The lowest BCUT2D eigenvalue weighted by molar-refractivity contribution is 0.00578. The molecule has 0 bridgehead atoms. The van der Waals surface area contributed by atoms with Gasteiger partial charge in [-0.05, 0) is 45.1 Å². The number of nitrogens with zero attached hydrogens (tertiary/aromatic N) is 1. The molecule has 1 fully saturated rings. The van der Waals surface area contributed by atoms with E-state index < -0.39 is 7.12 Å². The highest BCUT2D eigenvalue weighted by Crippen LogP contribution is 2.36. The molecule has 0 N–H and O–H groups in total. The van der Waals surface area contributed by atoms with E-state index in [1.165, 1.54) is 10.9 Å². The molecule has 1 aliphatic heterocycles. The Bertz CT molecular complexity index is 666. The van der Waals surface area contributed by atoms with Crippen LogP contribution in [-0.4, -0.2) is 23.3 Å². The van der Waals surface area contributed by atoms with Gasteiger partial charge in [0.05, 0.1) is 16.8 Å². The van der Waals surface area contributed by atoms with Gasteiger partial charge in [-0.1, -0.05) is 31.2 Å². The van der Waals surface area contributed by atoms with Crippen LogP contribution in [0.4, 0.5) is 0 Å². The molecule has 0 saturated carbocycles. The monoisotopic (exact) mass is 283 g/mol. The van der Waals surface area contributed by atoms with Crippen molar-refractivity contribution in [3.8, 4) is 0 Å². The molecule has 1 aliphatic rings. The topological polar surface area (TPSA) is 31.4 Å². The van der Waals surface area contributed by atoms with Crippen molar-refractivity contribution in [2.45, 2.75) is 52.2 Å². The smallest absolute Gasteiger partial charge is 0.398 e. The van der Waals surface area contributed by atoms with Gasteiger partial charge < -0.3 is 9.31 Å². The highest BCUT2D eigenvalue weighted by Gasteiger charge is 2.52. The van der Waals surface area contributed by atoms with Crippen molar-refractivity contribution in [2.24, 2.45) is 0 Å². The van der Waals surface area contributed by atoms with Crippen LogP contribution in [0, 0.1) is 0 Å². The zero-order valence-corrected chi connectivity index (χ0v) is 13.4. The summed E-state index contributed by atoms with van der Waals surface area (Å²) in [7, 11) is -0.411. The predicted molar refractivity (Wildman–Crippen MR) is 86.8 cm³/mol. The van der Waals surface area contributed by atoms with E-state index in [9.17, 15) is 0 Å². The van der Waals surface area contributed by atoms with Crippen LogP contribution in [0.3, 0.4) is 0 Å².